The van der Waals surface area contributed by atoms with Crippen molar-refractivity contribution in [3.63, 3.8) is 0 Å². The zero-order valence-corrected chi connectivity index (χ0v) is 15.6. The van der Waals surface area contributed by atoms with Crippen molar-refractivity contribution in [2.24, 2.45) is 7.05 Å². The average molecular weight is 334 g/mol. The Balaban J connectivity index is 2.33. The molecule has 0 saturated heterocycles. The highest BCUT2D eigenvalue weighted by Gasteiger charge is 2.38. The largest absolute Gasteiger partial charge is 0.374 e. The molecule has 0 aliphatic carbocycles. The van der Waals surface area contributed by atoms with Gasteiger partial charge in [-0.1, -0.05) is 67.9 Å². The molecule has 1 atom stereocenters. The molecule has 1 N–H and O–H groups in total. The van der Waals surface area contributed by atoms with E-state index in [4.69, 9.17) is 0 Å². The average Bonchev–Trinajstić information content (AvgIpc) is 2.99. The second-order valence-corrected chi connectivity index (χ2v) is 7.11. The monoisotopic (exact) mass is 334 g/mol. The molecule has 3 heteroatoms. The highest BCUT2D eigenvalue weighted by Crippen LogP contribution is 2.39. The number of hydrogen-bond donors (Lipinski definition) is 1. The van der Waals surface area contributed by atoms with E-state index in [0.717, 1.165) is 33.8 Å². The predicted molar refractivity (Wildman–Crippen MR) is 102 cm³/mol. The Morgan fingerprint density at radius 3 is 2.32 bits per heavy atom. The molecular formula is C22H26N2O. The van der Waals surface area contributed by atoms with Gasteiger partial charge in [-0.2, -0.15) is 0 Å². The maximum atomic E-state index is 12.0. The summed E-state index contributed by atoms with van der Waals surface area (Å²) in [5, 5.41) is 12.0. The minimum Gasteiger partial charge on any atom is -0.374 e. The number of hydrogen-bond acceptors (Lipinski definition) is 2. The third-order valence-corrected chi connectivity index (χ3v) is 4.89. The summed E-state index contributed by atoms with van der Waals surface area (Å²) >= 11 is 0. The summed E-state index contributed by atoms with van der Waals surface area (Å²) in [6, 6.07) is 16.1. The highest BCUT2D eigenvalue weighted by molar-refractivity contribution is 5.49. The first-order chi connectivity index (χ1) is 11.9. The lowest BCUT2D eigenvalue weighted by atomic mass is 9.81. The summed E-state index contributed by atoms with van der Waals surface area (Å²) in [4.78, 5) is 4.59. The standard InChI is InChI=1S/C22H26N2O/c1-15(2)21-23-14-20(24(21)5)22(25,18-9-7-6-8-10-18)19-13-16(3)11-12-17(19)4/h6-15,25H,1-5H3. The fraction of sp³-hybridized carbons (Fsp3) is 0.318. The van der Waals surface area contributed by atoms with Crippen molar-refractivity contribution < 1.29 is 5.11 Å². The van der Waals surface area contributed by atoms with Crippen molar-refractivity contribution in [2.75, 3.05) is 0 Å². The van der Waals surface area contributed by atoms with Gasteiger partial charge in [0.15, 0.2) is 5.60 Å². The van der Waals surface area contributed by atoms with Crippen LogP contribution in [0.15, 0.2) is 54.7 Å². The molecule has 130 valence electrons. The molecule has 3 rings (SSSR count). The van der Waals surface area contributed by atoms with Crippen molar-refractivity contribution in [1.29, 1.82) is 0 Å². The van der Waals surface area contributed by atoms with Gasteiger partial charge < -0.3 is 9.67 Å². The van der Waals surface area contributed by atoms with Crippen molar-refractivity contribution in [3.8, 4) is 0 Å². The smallest absolute Gasteiger partial charge is 0.157 e. The Labute approximate surface area is 150 Å². The molecule has 25 heavy (non-hydrogen) atoms. The van der Waals surface area contributed by atoms with E-state index in [2.05, 4.69) is 44.0 Å². The molecule has 2 aromatic carbocycles. The van der Waals surface area contributed by atoms with E-state index < -0.39 is 5.60 Å². The normalized spacial score (nSPS) is 13.9. The zero-order valence-electron chi connectivity index (χ0n) is 15.6. The van der Waals surface area contributed by atoms with E-state index in [1.54, 1.807) is 0 Å². The van der Waals surface area contributed by atoms with Crippen LogP contribution in [0.3, 0.4) is 0 Å². The van der Waals surface area contributed by atoms with Crippen LogP contribution in [0, 0.1) is 13.8 Å². The predicted octanol–water partition coefficient (Wildman–Crippen LogP) is 4.44. The third-order valence-electron chi connectivity index (χ3n) is 4.89. The van der Waals surface area contributed by atoms with Gasteiger partial charge >= 0.3 is 0 Å². The highest BCUT2D eigenvalue weighted by atomic mass is 16.3. The summed E-state index contributed by atoms with van der Waals surface area (Å²) in [6.07, 6.45) is 1.81. The van der Waals surface area contributed by atoms with Crippen LogP contribution in [0.4, 0.5) is 0 Å². The first kappa shape index (κ1) is 17.4. The molecular weight excluding hydrogens is 308 g/mol. The zero-order chi connectivity index (χ0) is 18.2. The molecule has 0 bridgehead atoms. The van der Waals surface area contributed by atoms with E-state index >= 15 is 0 Å². The van der Waals surface area contributed by atoms with Crippen molar-refractivity contribution in [3.05, 3.63) is 88.5 Å². The number of aliphatic hydroxyl groups is 1. The maximum Gasteiger partial charge on any atom is 0.157 e. The minimum absolute atomic E-state index is 0.289. The van der Waals surface area contributed by atoms with Crippen molar-refractivity contribution >= 4 is 0 Å². The van der Waals surface area contributed by atoms with Crippen LogP contribution in [-0.4, -0.2) is 14.7 Å². The van der Waals surface area contributed by atoms with Gasteiger partial charge in [0.1, 0.15) is 5.82 Å². The van der Waals surface area contributed by atoms with E-state index in [1.165, 1.54) is 0 Å². The second kappa shape index (κ2) is 6.49. The Kier molecular flexibility index (Phi) is 4.53. The Hall–Kier alpha value is -2.39. The van der Waals surface area contributed by atoms with Crippen LogP contribution in [-0.2, 0) is 12.6 Å². The molecule has 0 aliphatic heterocycles. The molecule has 3 aromatic rings. The van der Waals surface area contributed by atoms with E-state index in [1.807, 2.05) is 55.1 Å². The molecule has 3 nitrogen and oxygen atoms in total. The summed E-state index contributed by atoms with van der Waals surface area (Å²) in [7, 11) is 1.98. The van der Waals surface area contributed by atoms with Crippen LogP contribution in [0.2, 0.25) is 0 Å². The van der Waals surface area contributed by atoms with Crippen LogP contribution in [0.25, 0.3) is 0 Å². The molecule has 0 fully saturated rings. The Morgan fingerprint density at radius 1 is 1.04 bits per heavy atom. The number of benzene rings is 2. The van der Waals surface area contributed by atoms with Gasteiger partial charge in [0, 0.05) is 13.0 Å². The van der Waals surface area contributed by atoms with E-state index in [0.29, 0.717) is 0 Å². The topological polar surface area (TPSA) is 38.1 Å². The van der Waals surface area contributed by atoms with Gasteiger partial charge in [0.2, 0.25) is 0 Å². The molecule has 0 spiro atoms. The number of imidazole rings is 1. The molecule has 1 unspecified atom stereocenters. The van der Waals surface area contributed by atoms with E-state index in [-0.39, 0.29) is 5.92 Å². The molecule has 1 heterocycles. The van der Waals surface area contributed by atoms with Gasteiger partial charge in [-0.15, -0.1) is 0 Å². The molecule has 0 radical (unpaired) electrons. The summed E-state index contributed by atoms with van der Waals surface area (Å²) in [5.41, 5.74) is 3.48. The number of aryl methyl sites for hydroxylation is 2. The quantitative estimate of drug-likeness (QED) is 0.766. The van der Waals surface area contributed by atoms with Gasteiger partial charge in [0.25, 0.3) is 0 Å². The number of rotatable bonds is 4. The lowest BCUT2D eigenvalue weighted by Crippen LogP contribution is -2.32. The number of nitrogens with zero attached hydrogens (tertiary/aromatic N) is 2. The fourth-order valence-electron chi connectivity index (χ4n) is 3.54. The van der Waals surface area contributed by atoms with Crippen LogP contribution < -0.4 is 0 Å². The lowest BCUT2D eigenvalue weighted by Gasteiger charge is -2.32. The van der Waals surface area contributed by atoms with Crippen LogP contribution >= 0.6 is 0 Å². The van der Waals surface area contributed by atoms with Gasteiger partial charge in [-0.25, -0.2) is 4.98 Å². The first-order valence-corrected chi connectivity index (χ1v) is 8.73. The lowest BCUT2D eigenvalue weighted by molar-refractivity contribution is 0.116. The Bertz CT molecular complexity index is 880. The van der Waals surface area contributed by atoms with Gasteiger partial charge in [-0.05, 0) is 30.5 Å². The van der Waals surface area contributed by atoms with Gasteiger partial charge in [-0.3, -0.25) is 0 Å². The molecule has 0 aliphatic rings. The molecule has 1 aromatic heterocycles. The van der Waals surface area contributed by atoms with Crippen LogP contribution in [0.5, 0.6) is 0 Å². The number of aromatic nitrogens is 2. The van der Waals surface area contributed by atoms with Crippen molar-refractivity contribution in [2.45, 2.75) is 39.2 Å². The Morgan fingerprint density at radius 2 is 1.72 bits per heavy atom. The summed E-state index contributed by atoms with van der Waals surface area (Å²) < 4.78 is 2.03. The molecule has 0 amide bonds. The van der Waals surface area contributed by atoms with Crippen molar-refractivity contribution in [1.82, 2.24) is 9.55 Å². The third kappa shape index (κ3) is 2.89. The summed E-state index contributed by atoms with van der Waals surface area (Å²) in [6.45, 7) is 8.33. The van der Waals surface area contributed by atoms with Gasteiger partial charge in [0.05, 0.1) is 11.9 Å². The van der Waals surface area contributed by atoms with Crippen LogP contribution in [0.1, 0.15) is 53.5 Å². The second-order valence-electron chi connectivity index (χ2n) is 7.11. The molecule has 0 saturated carbocycles. The fourth-order valence-corrected chi connectivity index (χ4v) is 3.54. The first-order valence-electron chi connectivity index (χ1n) is 8.73. The SMILES string of the molecule is Cc1ccc(C)c(C(O)(c2ccccc2)c2cnc(C(C)C)n2C)c1. The summed E-state index contributed by atoms with van der Waals surface area (Å²) in [5.74, 6) is 1.26. The van der Waals surface area contributed by atoms with E-state index in [9.17, 15) is 5.11 Å². The minimum atomic E-state index is -1.24. The maximum absolute atomic E-state index is 12.0.